The molecule has 1 unspecified atom stereocenters. The summed E-state index contributed by atoms with van der Waals surface area (Å²) >= 11 is 0. The highest BCUT2D eigenvalue weighted by molar-refractivity contribution is 5.38. The zero-order valence-electron chi connectivity index (χ0n) is 7.46. The van der Waals surface area contributed by atoms with Gasteiger partial charge in [-0.2, -0.15) is 0 Å². The molecule has 0 saturated heterocycles. The molecule has 0 bridgehead atoms. The molecule has 1 aromatic rings. The van der Waals surface area contributed by atoms with Crippen LogP contribution in [0.2, 0.25) is 0 Å². The average Bonchev–Trinajstić information content (AvgIpc) is 2.30. The molecule has 1 N–H and O–H groups in total. The van der Waals surface area contributed by atoms with E-state index < -0.39 is 5.60 Å². The Bertz CT molecular complexity index is 318. The summed E-state index contributed by atoms with van der Waals surface area (Å²) in [6.07, 6.45) is 5.46. The fraction of sp³-hybridized carbons (Fsp3) is 0.500. The van der Waals surface area contributed by atoms with Crippen molar-refractivity contribution >= 4 is 0 Å². The maximum atomic E-state index is 9.93. The molecule has 0 saturated carbocycles. The Morgan fingerprint density at radius 1 is 1.50 bits per heavy atom. The largest absolute Gasteiger partial charge is 0.385 e. The molecule has 1 atom stereocenters. The van der Waals surface area contributed by atoms with Crippen LogP contribution in [0.3, 0.4) is 0 Å². The van der Waals surface area contributed by atoms with Gasteiger partial charge >= 0.3 is 0 Å². The second-order valence-electron chi connectivity index (χ2n) is 3.76. The van der Waals surface area contributed by atoms with E-state index >= 15 is 0 Å². The van der Waals surface area contributed by atoms with Gasteiger partial charge < -0.3 is 5.11 Å². The average molecular weight is 163 g/mol. The first kappa shape index (κ1) is 7.74. The molecule has 12 heavy (non-hydrogen) atoms. The van der Waals surface area contributed by atoms with Crippen LogP contribution in [0.5, 0.6) is 0 Å². The summed E-state index contributed by atoms with van der Waals surface area (Å²) in [5, 5.41) is 9.93. The van der Waals surface area contributed by atoms with Crippen molar-refractivity contribution in [2.75, 3.05) is 0 Å². The molecule has 64 valence electrons. The Kier molecular flexibility index (Phi) is 1.48. The number of rotatable bonds is 0. The van der Waals surface area contributed by atoms with Gasteiger partial charge in [-0.05, 0) is 37.8 Å². The molecule has 1 heterocycles. The molecular weight excluding hydrogens is 150 g/mol. The zero-order chi connectivity index (χ0) is 8.77. The van der Waals surface area contributed by atoms with Crippen LogP contribution in [0.15, 0.2) is 12.4 Å². The summed E-state index contributed by atoms with van der Waals surface area (Å²) in [4.78, 5) is 4.09. The second kappa shape index (κ2) is 2.30. The van der Waals surface area contributed by atoms with Crippen molar-refractivity contribution in [3.05, 3.63) is 29.1 Å². The van der Waals surface area contributed by atoms with Gasteiger partial charge in [0.15, 0.2) is 0 Å². The number of aryl methyl sites for hydroxylation is 1. The van der Waals surface area contributed by atoms with Crippen LogP contribution < -0.4 is 0 Å². The summed E-state index contributed by atoms with van der Waals surface area (Å²) in [6.45, 7) is 3.91. The molecule has 0 aliphatic heterocycles. The van der Waals surface area contributed by atoms with Gasteiger partial charge in [0.2, 0.25) is 0 Å². The standard InChI is InChI=1S/C10H13NO/c1-7-5-11-6-9-8(7)3-4-10(9,2)12/h5-6,12H,3-4H2,1-2H3. The van der Waals surface area contributed by atoms with Crippen molar-refractivity contribution in [2.45, 2.75) is 32.3 Å². The van der Waals surface area contributed by atoms with Crippen molar-refractivity contribution in [3.63, 3.8) is 0 Å². The molecule has 0 radical (unpaired) electrons. The van der Waals surface area contributed by atoms with Crippen LogP contribution in [0, 0.1) is 6.92 Å². The highest BCUT2D eigenvalue weighted by Crippen LogP contribution is 2.36. The van der Waals surface area contributed by atoms with Gasteiger partial charge in [0.05, 0.1) is 5.60 Å². The minimum absolute atomic E-state index is 0.644. The van der Waals surface area contributed by atoms with Crippen molar-refractivity contribution in [2.24, 2.45) is 0 Å². The van der Waals surface area contributed by atoms with Crippen LogP contribution >= 0.6 is 0 Å². The molecule has 0 spiro atoms. The molecule has 1 aromatic heterocycles. The summed E-state index contributed by atoms with van der Waals surface area (Å²) in [5.74, 6) is 0. The fourth-order valence-electron chi connectivity index (χ4n) is 1.89. The minimum atomic E-state index is -0.644. The lowest BCUT2D eigenvalue weighted by Gasteiger charge is -2.16. The summed E-state index contributed by atoms with van der Waals surface area (Å²) < 4.78 is 0. The number of hydrogen-bond acceptors (Lipinski definition) is 2. The van der Waals surface area contributed by atoms with Crippen molar-refractivity contribution < 1.29 is 5.11 Å². The summed E-state index contributed by atoms with van der Waals surface area (Å²) in [6, 6.07) is 0. The van der Waals surface area contributed by atoms with E-state index in [1.54, 1.807) is 6.20 Å². The third kappa shape index (κ3) is 0.950. The SMILES string of the molecule is Cc1cncc2c1CCC2(C)O. The van der Waals surface area contributed by atoms with Crippen LogP contribution in [-0.4, -0.2) is 10.1 Å². The Morgan fingerprint density at radius 3 is 2.92 bits per heavy atom. The molecular formula is C10H13NO. The van der Waals surface area contributed by atoms with Crippen LogP contribution in [0.4, 0.5) is 0 Å². The number of pyridine rings is 1. The van der Waals surface area contributed by atoms with Crippen molar-refractivity contribution in [1.82, 2.24) is 4.98 Å². The molecule has 2 heteroatoms. The first-order chi connectivity index (χ1) is 5.61. The van der Waals surface area contributed by atoms with Gasteiger partial charge in [-0.15, -0.1) is 0 Å². The van der Waals surface area contributed by atoms with Crippen LogP contribution in [0.25, 0.3) is 0 Å². The maximum absolute atomic E-state index is 9.93. The van der Waals surface area contributed by atoms with E-state index in [2.05, 4.69) is 4.98 Å². The van der Waals surface area contributed by atoms with Gasteiger partial charge in [-0.3, -0.25) is 4.98 Å². The summed E-state index contributed by atoms with van der Waals surface area (Å²) in [5.41, 5.74) is 2.86. The number of aliphatic hydroxyl groups is 1. The zero-order valence-corrected chi connectivity index (χ0v) is 7.46. The smallest absolute Gasteiger partial charge is 0.0889 e. The monoisotopic (exact) mass is 163 g/mol. The van der Waals surface area contributed by atoms with E-state index in [4.69, 9.17) is 0 Å². The normalized spacial score (nSPS) is 27.2. The number of fused-ring (bicyclic) bond motifs is 1. The predicted octanol–water partition coefficient (Wildman–Crippen LogP) is 1.54. The molecule has 1 aliphatic rings. The maximum Gasteiger partial charge on any atom is 0.0889 e. The fourth-order valence-corrected chi connectivity index (χ4v) is 1.89. The Morgan fingerprint density at radius 2 is 2.25 bits per heavy atom. The lowest BCUT2D eigenvalue weighted by molar-refractivity contribution is 0.0592. The van der Waals surface area contributed by atoms with Gasteiger partial charge in [-0.1, -0.05) is 0 Å². The molecule has 2 rings (SSSR count). The van der Waals surface area contributed by atoms with Gasteiger partial charge in [-0.25, -0.2) is 0 Å². The van der Waals surface area contributed by atoms with Crippen molar-refractivity contribution in [1.29, 1.82) is 0 Å². The quantitative estimate of drug-likeness (QED) is 0.629. The Hall–Kier alpha value is -0.890. The molecule has 2 nitrogen and oxygen atoms in total. The molecule has 1 aliphatic carbocycles. The third-order valence-corrected chi connectivity index (χ3v) is 2.71. The second-order valence-corrected chi connectivity index (χ2v) is 3.76. The van der Waals surface area contributed by atoms with Gasteiger partial charge in [0.1, 0.15) is 0 Å². The van der Waals surface area contributed by atoms with Crippen molar-refractivity contribution in [3.8, 4) is 0 Å². The summed E-state index contributed by atoms with van der Waals surface area (Å²) in [7, 11) is 0. The van der Waals surface area contributed by atoms with Crippen LogP contribution in [0.1, 0.15) is 30.0 Å². The predicted molar refractivity (Wildman–Crippen MR) is 46.9 cm³/mol. The Balaban J connectivity index is 2.61. The third-order valence-electron chi connectivity index (χ3n) is 2.71. The molecule has 0 fully saturated rings. The molecule has 0 aromatic carbocycles. The van der Waals surface area contributed by atoms with E-state index in [1.807, 2.05) is 20.0 Å². The lowest BCUT2D eigenvalue weighted by Crippen LogP contribution is -2.16. The van der Waals surface area contributed by atoms with Gasteiger partial charge in [0, 0.05) is 18.0 Å². The van der Waals surface area contributed by atoms with E-state index in [0.29, 0.717) is 0 Å². The minimum Gasteiger partial charge on any atom is -0.385 e. The van der Waals surface area contributed by atoms with E-state index in [0.717, 1.165) is 18.4 Å². The van der Waals surface area contributed by atoms with E-state index in [9.17, 15) is 5.11 Å². The number of nitrogens with zero attached hydrogens (tertiary/aromatic N) is 1. The Labute approximate surface area is 72.3 Å². The van der Waals surface area contributed by atoms with E-state index in [1.165, 1.54) is 11.1 Å². The topological polar surface area (TPSA) is 33.1 Å². The van der Waals surface area contributed by atoms with Gasteiger partial charge in [0.25, 0.3) is 0 Å². The first-order valence-electron chi connectivity index (χ1n) is 4.27. The number of aromatic nitrogens is 1. The van der Waals surface area contributed by atoms with Crippen LogP contribution in [-0.2, 0) is 12.0 Å². The lowest BCUT2D eigenvalue weighted by atomic mass is 10.00. The number of hydrogen-bond donors (Lipinski definition) is 1. The highest BCUT2D eigenvalue weighted by Gasteiger charge is 2.32. The highest BCUT2D eigenvalue weighted by atomic mass is 16.3. The molecule has 0 amide bonds. The van der Waals surface area contributed by atoms with E-state index in [-0.39, 0.29) is 0 Å². The first-order valence-corrected chi connectivity index (χ1v) is 4.27.